The van der Waals surface area contributed by atoms with Crippen molar-refractivity contribution >= 4 is 21.6 Å². The molecule has 0 amide bonds. The summed E-state index contributed by atoms with van der Waals surface area (Å²) in [4.78, 5) is 0. The van der Waals surface area contributed by atoms with Gasteiger partial charge >= 0.3 is 0 Å². The predicted molar refractivity (Wildman–Crippen MR) is 81.9 cm³/mol. The lowest BCUT2D eigenvalue weighted by atomic mass is 10.0. The largest absolute Gasteiger partial charge is 0.377 e. The third-order valence-electron chi connectivity index (χ3n) is 3.21. The topological polar surface area (TPSA) is 12.0 Å². The zero-order chi connectivity index (χ0) is 13.8. The van der Waals surface area contributed by atoms with E-state index < -0.39 is 0 Å². The molecule has 1 atom stereocenters. The maximum Gasteiger partial charge on any atom is 0.128 e. The van der Waals surface area contributed by atoms with Crippen molar-refractivity contribution < 1.29 is 4.39 Å². The molecule has 0 bridgehead atoms. The molecular formula is C16H17BrFN. The van der Waals surface area contributed by atoms with Crippen molar-refractivity contribution in [2.75, 3.05) is 5.32 Å². The Hall–Kier alpha value is -1.35. The first kappa shape index (κ1) is 14.1. The van der Waals surface area contributed by atoms with Crippen molar-refractivity contribution in [2.45, 2.75) is 26.3 Å². The smallest absolute Gasteiger partial charge is 0.128 e. The first-order valence-corrected chi connectivity index (χ1v) is 7.19. The Kier molecular flexibility index (Phi) is 4.59. The van der Waals surface area contributed by atoms with E-state index in [2.05, 4.69) is 21.2 Å². The number of rotatable bonds is 4. The molecule has 0 aromatic heterocycles. The van der Waals surface area contributed by atoms with Crippen LogP contribution in [0.4, 0.5) is 10.1 Å². The minimum atomic E-state index is -0.161. The van der Waals surface area contributed by atoms with Crippen LogP contribution in [0.2, 0.25) is 0 Å². The molecule has 1 nitrogen and oxygen atoms in total. The molecule has 2 aromatic carbocycles. The van der Waals surface area contributed by atoms with Gasteiger partial charge in [0, 0.05) is 15.7 Å². The molecule has 1 unspecified atom stereocenters. The van der Waals surface area contributed by atoms with Crippen LogP contribution in [-0.4, -0.2) is 0 Å². The fraction of sp³-hybridized carbons (Fsp3) is 0.250. The highest BCUT2D eigenvalue weighted by atomic mass is 79.9. The highest BCUT2D eigenvalue weighted by molar-refractivity contribution is 9.10. The Labute approximate surface area is 122 Å². The summed E-state index contributed by atoms with van der Waals surface area (Å²) in [7, 11) is 0. The van der Waals surface area contributed by atoms with Crippen LogP contribution in [0.5, 0.6) is 0 Å². The standard InChI is InChI=1S/C16H17BrFN/c1-3-14(12-8-4-5-9-13(12)18)19-15-10-6-7-11(2)16(15)17/h4-10,14,19H,3H2,1-2H3. The molecule has 0 aliphatic rings. The second-order valence-corrected chi connectivity index (χ2v) is 5.36. The maximum absolute atomic E-state index is 13.9. The average Bonchev–Trinajstić information content (AvgIpc) is 2.41. The van der Waals surface area contributed by atoms with Gasteiger partial charge in [-0.1, -0.05) is 37.3 Å². The van der Waals surface area contributed by atoms with E-state index in [1.165, 1.54) is 6.07 Å². The molecule has 100 valence electrons. The first-order valence-electron chi connectivity index (χ1n) is 6.39. The fourth-order valence-electron chi connectivity index (χ4n) is 2.10. The van der Waals surface area contributed by atoms with Crippen molar-refractivity contribution in [2.24, 2.45) is 0 Å². The van der Waals surface area contributed by atoms with E-state index >= 15 is 0 Å². The molecule has 2 aromatic rings. The summed E-state index contributed by atoms with van der Waals surface area (Å²) in [5.74, 6) is -0.161. The minimum absolute atomic E-state index is 0.0284. The van der Waals surface area contributed by atoms with Crippen LogP contribution in [-0.2, 0) is 0 Å². The minimum Gasteiger partial charge on any atom is -0.377 e. The Balaban J connectivity index is 2.30. The van der Waals surface area contributed by atoms with E-state index in [4.69, 9.17) is 0 Å². The van der Waals surface area contributed by atoms with Gasteiger partial charge in [0.05, 0.1) is 6.04 Å². The van der Waals surface area contributed by atoms with Gasteiger partial charge in [-0.25, -0.2) is 4.39 Å². The molecule has 2 rings (SSSR count). The van der Waals surface area contributed by atoms with Crippen molar-refractivity contribution in [3.63, 3.8) is 0 Å². The number of nitrogens with one attached hydrogen (secondary N) is 1. The summed E-state index contributed by atoms with van der Waals surface area (Å²) >= 11 is 3.57. The number of aryl methyl sites for hydroxylation is 1. The third kappa shape index (κ3) is 3.16. The van der Waals surface area contributed by atoms with E-state index in [-0.39, 0.29) is 11.9 Å². The SMILES string of the molecule is CCC(Nc1cccc(C)c1Br)c1ccccc1F. The van der Waals surface area contributed by atoms with Gasteiger partial charge in [-0.15, -0.1) is 0 Å². The van der Waals surface area contributed by atoms with E-state index in [0.29, 0.717) is 5.56 Å². The van der Waals surface area contributed by atoms with E-state index in [1.54, 1.807) is 6.07 Å². The van der Waals surface area contributed by atoms with Crippen LogP contribution in [0.3, 0.4) is 0 Å². The second-order valence-electron chi connectivity index (χ2n) is 4.56. The van der Waals surface area contributed by atoms with Crippen LogP contribution in [0.25, 0.3) is 0 Å². The number of anilines is 1. The number of hydrogen-bond donors (Lipinski definition) is 1. The summed E-state index contributed by atoms with van der Waals surface area (Å²) in [6.45, 7) is 4.09. The van der Waals surface area contributed by atoms with Crippen LogP contribution in [0.1, 0.15) is 30.5 Å². The molecule has 0 spiro atoms. The van der Waals surface area contributed by atoms with Gasteiger partial charge in [0.1, 0.15) is 5.82 Å². The lowest BCUT2D eigenvalue weighted by Gasteiger charge is -2.20. The van der Waals surface area contributed by atoms with Crippen LogP contribution < -0.4 is 5.32 Å². The van der Waals surface area contributed by atoms with Gasteiger partial charge in [-0.3, -0.25) is 0 Å². The van der Waals surface area contributed by atoms with E-state index in [9.17, 15) is 4.39 Å². The summed E-state index contributed by atoms with van der Waals surface area (Å²) < 4.78 is 14.9. The lowest BCUT2D eigenvalue weighted by Crippen LogP contribution is -2.12. The summed E-state index contributed by atoms with van der Waals surface area (Å²) in [5.41, 5.74) is 2.86. The molecule has 0 saturated heterocycles. The molecule has 0 heterocycles. The molecular weight excluding hydrogens is 305 g/mol. The van der Waals surface area contributed by atoms with Gasteiger partial charge in [0.2, 0.25) is 0 Å². The number of benzene rings is 2. The Morgan fingerprint density at radius 3 is 2.58 bits per heavy atom. The number of halogens is 2. The molecule has 19 heavy (non-hydrogen) atoms. The lowest BCUT2D eigenvalue weighted by molar-refractivity contribution is 0.587. The first-order chi connectivity index (χ1) is 9.13. The maximum atomic E-state index is 13.9. The highest BCUT2D eigenvalue weighted by Crippen LogP contribution is 2.31. The highest BCUT2D eigenvalue weighted by Gasteiger charge is 2.14. The monoisotopic (exact) mass is 321 g/mol. The Morgan fingerprint density at radius 2 is 1.89 bits per heavy atom. The van der Waals surface area contributed by atoms with E-state index in [1.807, 2.05) is 44.2 Å². The fourth-order valence-corrected chi connectivity index (χ4v) is 2.48. The van der Waals surface area contributed by atoms with Crippen molar-refractivity contribution in [3.8, 4) is 0 Å². The van der Waals surface area contributed by atoms with Gasteiger partial charge in [-0.05, 0) is 47.0 Å². The van der Waals surface area contributed by atoms with Crippen molar-refractivity contribution in [1.29, 1.82) is 0 Å². The zero-order valence-electron chi connectivity index (χ0n) is 11.1. The van der Waals surface area contributed by atoms with Crippen LogP contribution in [0.15, 0.2) is 46.9 Å². The Bertz CT molecular complexity index is 568. The van der Waals surface area contributed by atoms with E-state index in [0.717, 1.165) is 22.1 Å². The molecule has 0 aliphatic carbocycles. The summed E-state index contributed by atoms with van der Waals surface area (Å²) in [5, 5.41) is 3.41. The Morgan fingerprint density at radius 1 is 1.16 bits per heavy atom. The molecule has 0 saturated carbocycles. The van der Waals surface area contributed by atoms with Gasteiger partial charge in [0.15, 0.2) is 0 Å². The van der Waals surface area contributed by atoms with Gasteiger partial charge < -0.3 is 5.32 Å². The van der Waals surface area contributed by atoms with Crippen molar-refractivity contribution in [1.82, 2.24) is 0 Å². The molecule has 0 fully saturated rings. The summed E-state index contributed by atoms with van der Waals surface area (Å²) in [6.07, 6.45) is 0.821. The second kappa shape index (κ2) is 6.20. The van der Waals surface area contributed by atoms with Crippen LogP contribution >= 0.6 is 15.9 Å². The average molecular weight is 322 g/mol. The van der Waals surface area contributed by atoms with Gasteiger partial charge in [-0.2, -0.15) is 0 Å². The number of hydrogen-bond acceptors (Lipinski definition) is 1. The molecule has 3 heteroatoms. The van der Waals surface area contributed by atoms with Gasteiger partial charge in [0.25, 0.3) is 0 Å². The normalized spacial score (nSPS) is 12.2. The third-order valence-corrected chi connectivity index (χ3v) is 4.26. The summed E-state index contributed by atoms with van der Waals surface area (Å²) in [6, 6.07) is 12.9. The van der Waals surface area contributed by atoms with Crippen LogP contribution in [0, 0.1) is 12.7 Å². The molecule has 1 N–H and O–H groups in total. The quantitative estimate of drug-likeness (QED) is 0.788. The molecule has 0 radical (unpaired) electrons. The van der Waals surface area contributed by atoms with Crippen molar-refractivity contribution in [3.05, 3.63) is 63.9 Å². The zero-order valence-corrected chi connectivity index (χ0v) is 12.7. The molecule has 0 aliphatic heterocycles. The predicted octanol–water partition coefficient (Wildman–Crippen LogP) is 5.46.